The van der Waals surface area contributed by atoms with Gasteiger partial charge in [0.15, 0.2) is 0 Å². The molecule has 0 aliphatic carbocycles. The van der Waals surface area contributed by atoms with Crippen LogP contribution in [0.15, 0.2) is 67.6 Å². The van der Waals surface area contributed by atoms with E-state index in [0.29, 0.717) is 23.7 Å². The van der Waals surface area contributed by atoms with Crippen molar-refractivity contribution in [2.24, 2.45) is 4.99 Å². The number of methoxy groups -OCH3 is 1. The Balaban J connectivity index is 2.06. The van der Waals surface area contributed by atoms with Crippen molar-refractivity contribution in [3.05, 3.63) is 85.0 Å². The van der Waals surface area contributed by atoms with Crippen LogP contribution in [-0.4, -0.2) is 27.5 Å². The van der Waals surface area contributed by atoms with Gasteiger partial charge in [-0.15, -0.1) is 0 Å². The summed E-state index contributed by atoms with van der Waals surface area (Å²) in [6, 6.07) is 14.1. The zero-order valence-electron chi connectivity index (χ0n) is 15.3. The van der Waals surface area contributed by atoms with E-state index in [1.807, 2.05) is 24.3 Å². The molecule has 1 heterocycles. The van der Waals surface area contributed by atoms with Crippen molar-refractivity contribution in [3.8, 4) is 17.3 Å². The molecule has 1 aromatic heterocycles. The summed E-state index contributed by atoms with van der Waals surface area (Å²) >= 11 is 3.45. The SMILES string of the molecule is COc1ccc(-n2c(O)c(C(C)=NCc3ccccc3Br)c(=O)[nH]c2=O)cc1. The lowest BCUT2D eigenvalue weighted by Gasteiger charge is -2.12. The number of hydrogen-bond acceptors (Lipinski definition) is 5. The Bertz CT molecular complexity index is 1150. The van der Waals surface area contributed by atoms with Gasteiger partial charge in [-0.05, 0) is 42.8 Å². The molecule has 2 N–H and O–H groups in total. The Labute approximate surface area is 169 Å². The lowest BCUT2D eigenvalue weighted by atomic mass is 10.2. The number of aliphatic imine (C=N–C) groups is 1. The topological polar surface area (TPSA) is 96.7 Å². The first kappa shape index (κ1) is 19.6. The number of hydrogen-bond donors (Lipinski definition) is 2. The van der Waals surface area contributed by atoms with E-state index in [9.17, 15) is 14.7 Å². The van der Waals surface area contributed by atoms with E-state index in [4.69, 9.17) is 4.74 Å². The molecule has 2 aromatic carbocycles. The van der Waals surface area contributed by atoms with E-state index >= 15 is 0 Å². The fraction of sp³-hybridized carbons (Fsp3) is 0.150. The van der Waals surface area contributed by atoms with Gasteiger partial charge < -0.3 is 9.84 Å². The van der Waals surface area contributed by atoms with Crippen LogP contribution in [0.5, 0.6) is 11.6 Å². The third kappa shape index (κ3) is 3.91. The van der Waals surface area contributed by atoms with Gasteiger partial charge in [-0.2, -0.15) is 0 Å². The number of nitrogens with one attached hydrogen (secondary N) is 1. The summed E-state index contributed by atoms with van der Waals surface area (Å²) in [5, 5.41) is 10.7. The van der Waals surface area contributed by atoms with Crippen molar-refractivity contribution in [1.82, 2.24) is 9.55 Å². The molecule has 8 heteroatoms. The second-order valence-corrected chi connectivity index (χ2v) is 6.84. The van der Waals surface area contributed by atoms with E-state index in [-0.39, 0.29) is 5.56 Å². The Kier molecular flexibility index (Phi) is 5.79. The highest BCUT2D eigenvalue weighted by Gasteiger charge is 2.18. The Hall–Kier alpha value is -3.13. The molecule has 0 aliphatic heterocycles. The molecule has 3 aromatic rings. The number of nitrogens with zero attached hydrogens (tertiary/aromatic N) is 2. The normalized spacial score (nSPS) is 11.5. The first-order valence-corrected chi connectivity index (χ1v) is 9.19. The van der Waals surface area contributed by atoms with Crippen LogP contribution in [-0.2, 0) is 6.54 Å². The minimum Gasteiger partial charge on any atom is -0.497 e. The van der Waals surface area contributed by atoms with Crippen LogP contribution >= 0.6 is 15.9 Å². The monoisotopic (exact) mass is 443 g/mol. The Morgan fingerprint density at radius 2 is 1.86 bits per heavy atom. The van der Waals surface area contributed by atoms with Gasteiger partial charge in [0.05, 0.1) is 25.1 Å². The number of rotatable bonds is 5. The fourth-order valence-electron chi connectivity index (χ4n) is 2.73. The second kappa shape index (κ2) is 8.26. The maximum atomic E-state index is 12.3. The predicted octanol–water partition coefficient (Wildman–Crippen LogP) is 3.01. The van der Waals surface area contributed by atoms with Crippen molar-refractivity contribution in [1.29, 1.82) is 0 Å². The number of halogens is 1. The summed E-state index contributed by atoms with van der Waals surface area (Å²) in [5.74, 6) is 0.138. The van der Waals surface area contributed by atoms with Crippen LogP contribution in [0.1, 0.15) is 18.1 Å². The maximum absolute atomic E-state index is 12.3. The molecule has 0 saturated carbocycles. The molecule has 0 radical (unpaired) electrons. The summed E-state index contributed by atoms with van der Waals surface area (Å²) in [4.78, 5) is 31.3. The third-order valence-electron chi connectivity index (χ3n) is 4.22. The number of aromatic amines is 1. The predicted molar refractivity (Wildman–Crippen MR) is 111 cm³/mol. The summed E-state index contributed by atoms with van der Waals surface area (Å²) < 4.78 is 7.02. The lowest BCUT2D eigenvalue weighted by Crippen LogP contribution is -2.32. The fourth-order valence-corrected chi connectivity index (χ4v) is 3.14. The quantitative estimate of drug-likeness (QED) is 0.592. The van der Waals surface area contributed by atoms with Crippen LogP contribution in [0.2, 0.25) is 0 Å². The molecular formula is C20H18BrN3O4. The van der Waals surface area contributed by atoms with Crippen LogP contribution in [0.25, 0.3) is 5.69 Å². The van der Waals surface area contributed by atoms with Crippen molar-refractivity contribution in [2.75, 3.05) is 7.11 Å². The molecule has 0 saturated heterocycles. The zero-order valence-corrected chi connectivity index (χ0v) is 16.9. The molecule has 7 nitrogen and oxygen atoms in total. The summed E-state index contributed by atoms with van der Waals surface area (Å²) in [6.07, 6.45) is 0. The van der Waals surface area contributed by atoms with Crippen LogP contribution in [0.3, 0.4) is 0 Å². The number of aromatic hydroxyl groups is 1. The molecular weight excluding hydrogens is 426 g/mol. The minimum absolute atomic E-state index is 0.0533. The van der Waals surface area contributed by atoms with Gasteiger partial charge in [0.1, 0.15) is 11.3 Å². The third-order valence-corrected chi connectivity index (χ3v) is 5.00. The number of aromatic nitrogens is 2. The molecule has 0 atom stereocenters. The van der Waals surface area contributed by atoms with Gasteiger partial charge in [-0.1, -0.05) is 34.1 Å². The highest BCUT2D eigenvalue weighted by atomic mass is 79.9. The van der Waals surface area contributed by atoms with Crippen LogP contribution in [0, 0.1) is 0 Å². The summed E-state index contributed by atoms with van der Waals surface area (Å²) in [5.41, 5.74) is 0.149. The van der Waals surface area contributed by atoms with Gasteiger partial charge in [-0.3, -0.25) is 14.8 Å². The van der Waals surface area contributed by atoms with E-state index < -0.39 is 17.1 Å². The summed E-state index contributed by atoms with van der Waals surface area (Å²) in [6.45, 7) is 1.93. The average Bonchev–Trinajstić information content (AvgIpc) is 2.67. The van der Waals surface area contributed by atoms with Gasteiger partial charge >= 0.3 is 5.69 Å². The molecule has 0 fully saturated rings. The number of H-pyrrole nitrogens is 1. The van der Waals surface area contributed by atoms with Gasteiger partial charge in [0, 0.05) is 4.47 Å². The first-order valence-electron chi connectivity index (χ1n) is 8.40. The van der Waals surface area contributed by atoms with Crippen molar-refractivity contribution < 1.29 is 9.84 Å². The van der Waals surface area contributed by atoms with Crippen molar-refractivity contribution >= 4 is 21.6 Å². The minimum atomic E-state index is -0.741. The van der Waals surface area contributed by atoms with E-state index in [0.717, 1.165) is 14.6 Å². The Morgan fingerprint density at radius 3 is 2.50 bits per heavy atom. The van der Waals surface area contributed by atoms with Gasteiger partial charge in [0.25, 0.3) is 5.56 Å². The van der Waals surface area contributed by atoms with Gasteiger partial charge in [0.2, 0.25) is 5.88 Å². The van der Waals surface area contributed by atoms with Gasteiger partial charge in [-0.25, -0.2) is 9.36 Å². The van der Waals surface area contributed by atoms with Crippen molar-refractivity contribution in [3.63, 3.8) is 0 Å². The molecule has 28 heavy (non-hydrogen) atoms. The smallest absolute Gasteiger partial charge is 0.335 e. The van der Waals surface area contributed by atoms with Crippen LogP contribution < -0.4 is 16.0 Å². The van der Waals surface area contributed by atoms with Crippen molar-refractivity contribution in [2.45, 2.75) is 13.5 Å². The highest BCUT2D eigenvalue weighted by molar-refractivity contribution is 9.10. The molecule has 0 unspecified atom stereocenters. The van der Waals surface area contributed by atoms with E-state index in [2.05, 4.69) is 25.9 Å². The molecule has 0 bridgehead atoms. The number of benzene rings is 2. The van der Waals surface area contributed by atoms with E-state index in [1.54, 1.807) is 31.2 Å². The second-order valence-electron chi connectivity index (χ2n) is 5.98. The molecule has 0 spiro atoms. The maximum Gasteiger partial charge on any atom is 0.335 e. The molecule has 0 amide bonds. The first-order chi connectivity index (χ1) is 13.4. The average molecular weight is 444 g/mol. The molecule has 3 rings (SSSR count). The summed E-state index contributed by atoms with van der Waals surface area (Å²) in [7, 11) is 1.53. The van der Waals surface area contributed by atoms with Crippen LogP contribution in [0.4, 0.5) is 0 Å². The molecule has 144 valence electrons. The Morgan fingerprint density at radius 1 is 1.18 bits per heavy atom. The number of ether oxygens (including phenoxy) is 1. The zero-order chi connectivity index (χ0) is 20.3. The standard InChI is InChI=1S/C20H18BrN3O4/c1-12(22-11-13-5-3-4-6-16(13)21)17-18(25)23-20(27)24(19(17)26)14-7-9-15(28-2)10-8-14/h3-10,26H,11H2,1-2H3,(H,23,25,27). The highest BCUT2D eigenvalue weighted by Crippen LogP contribution is 2.21. The largest absolute Gasteiger partial charge is 0.497 e. The molecule has 0 aliphatic rings. The lowest BCUT2D eigenvalue weighted by molar-refractivity contribution is 0.414. The van der Waals surface area contributed by atoms with E-state index in [1.165, 1.54) is 7.11 Å².